The minimum Gasteiger partial charge on any atom is -0.351 e. The summed E-state index contributed by atoms with van der Waals surface area (Å²) in [7, 11) is 1.95. The van der Waals surface area contributed by atoms with Crippen LogP contribution in [0.4, 0.5) is 0 Å². The van der Waals surface area contributed by atoms with E-state index in [4.69, 9.17) is 12.2 Å². The fourth-order valence-electron chi connectivity index (χ4n) is 1.80. The van der Waals surface area contributed by atoms with Gasteiger partial charge in [-0.3, -0.25) is 9.69 Å². The predicted molar refractivity (Wildman–Crippen MR) is 80.2 cm³/mol. The number of rotatable bonds is 1. The first-order valence-corrected chi connectivity index (χ1v) is 6.92. The second kappa shape index (κ2) is 4.55. The number of aromatic nitrogens is 1. The van der Waals surface area contributed by atoms with Crippen LogP contribution < -0.4 is 0 Å². The topological polar surface area (TPSA) is 25.2 Å². The van der Waals surface area contributed by atoms with Gasteiger partial charge in [0, 0.05) is 24.5 Å². The zero-order chi connectivity index (χ0) is 13.5. The molecule has 0 bridgehead atoms. The quantitative estimate of drug-likeness (QED) is 0.584. The Morgan fingerprint density at radius 1 is 1.39 bits per heavy atom. The zero-order valence-electron chi connectivity index (χ0n) is 10.9. The number of aryl methyl sites for hydroxylation is 1. The van der Waals surface area contributed by atoms with Gasteiger partial charge in [0.2, 0.25) is 0 Å². The maximum absolute atomic E-state index is 12.3. The molecule has 0 atom stereocenters. The van der Waals surface area contributed by atoms with E-state index in [0.29, 0.717) is 9.23 Å². The Hall–Kier alpha value is -1.07. The van der Waals surface area contributed by atoms with Crippen molar-refractivity contribution in [3.05, 3.63) is 28.9 Å². The van der Waals surface area contributed by atoms with Crippen molar-refractivity contribution >= 4 is 40.3 Å². The van der Waals surface area contributed by atoms with Gasteiger partial charge in [0.1, 0.15) is 4.32 Å². The minimum atomic E-state index is -0.273. The van der Waals surface area contributed by atoms with Crippen molar-refractivity contribution in [2.24, 2.45) is 7.05 Å². The van der Waals surface area contributed by atoms with E-state index in [1.165, 1.54) is 11.8 Å². The molecule has 1 amide bonds. The Bertz CT molecular complexity index is 537. The van der Waals surface area contributed by atoms with Crippen LogP contribution in [-0.2, 0) is 11.8 Å². The lowest BCUT2D eigenvalue weighted by Gasteiger charge is -2.30. The summed E-state index contributed by atoms with van der Waals surface area (Å²) in [5, 5.41) is 0. The molecule has 0 aliphatic carbocycles. The highest BCUT2D eigenvalue weighted by Gasteiger charge is 2.39. The first-order valence-electron chi connectivity index (χ1n) is 5.70. The van der Waals surface area contributed by atoms with E-state index in [1.807, 2.05) is 56.8 Å². The van der Waals surface area contributed by atoms with E-state index in [2.05, 4.69) is 0 Å². The molecule has 5 heteroatoms. The normalized spacial score (nSPS) is 19.1. The molecule has 0 saturated carbocycles. The van der Waals surface area contributed by atoms with Crippen LogP contribution in [0.5, 0.6) is 0 Å². The molecule has 18 heavy (non-hydrogen) atoms. The Labute approximate surface area is 117 Å². The SMILES string of the molecule is Cn1cccc1/C=C1/SC(=S)N(C(C)(C)C)C1=O. The lowest BCUT2D eigenvalue weighted by molar-refractivity contribution is -0.125. The van der Waals surface area contributed by atoms with Crippen molar-refractivity contribution < 1.29 is 4.79 Å². The highest BCUT2D eigenvalue weighted by molar-refractivity contribution is 8.26. The third kappa shape index (κ3) is 2.37. The van der Waals surface area contributed by atoms with Crippen molar-refractivity contribution in [2.75, 3.05) is 0 Å². The van der Waals surface area contributed by atoms with Crippen molar-refractivity contribution in [3.63, 3.8) is 0 Å². The highest BCUT2D eigenvalue weighted by Crippen LogP contribution is 2.36. The smallest absolute Gasteiger partial charge is 0.266 e. The molecule has 1 saturated heterocycles. The van der Waals surface area contributed by atoms with Gasteiger partial charge in [0.15, 0.2) is 0 Å². The van der Waals surface area contributed by atoms with Crippen LogP contribution in [0.2, 0.25) is 0 Å². The number of thioether (sulfide) groups is 1. The molecule has 0 unspecified atom stereocenters. The van der Waals surface area contributed by atoms with E-state index in [1.54, 1.807) is 4.90 Å². The Morgan fingerprint density at radius 3 is 2.50 bits per heavy atom. The van der Waals surface area contributed by atoms with Crippen molar-refractivity contribution in [3.8, 4) is 0 Å². The summed E-state index contributed by atoms with van der Waals surface area (Å²) in [5.74, 6) is -0.00120. The van der Waals surface area contributed by atoms with Crippen molar-refractivity contribution in [1.29, 1.82) is 0 Å². The third-order valence-corrected chi connectivity index (χ3v) is 4.03. The molecule has 2 rings (SSSR count). The molecule has 0 N–H and O–H groups in total. The van der Waals surface area contributed by atoms with Gasteiger partial charge in [0.25, 0.3) is 5.91 Å². The maximum atomic E-state index is 12.3. The van der Waals surface area contributed by atoms with Crippen LogP contribution in [0.3, 0.4) is 0 Å². The molecule has 0 radical (unpaired) electrons. The first-order chi connectivity index (χ1) is 8.30. The van der Waals surface area contributed by atoms with E-state index in [-0.39, 0.29) is 11.4 Å². The van der Waals surface area contributed by atoms with Crippen LogP contribution >= 0.6 is 24.0 Å². The fraction of sp³-hybridized carbons (Fsp3) is 0.385. The third-order valence-electron chi connectivity index (χ3n) is 2.73. The van der Waals surface area contributed by atoms with Gasteiger partial charge in [-0.05, 0) is 39.0 Å². The van der Waals surface area contributed by atoms with Crippen molar-refractivity contribution in [2.45, 2.75) is 26.3 Å². The maximum Gasteiger partial charge on any atom is 0.266 e. The molecule has 1 aromatic rings. The number of amides is 1. The van der Waals surface area contributed by atoms with Gasteiger partial charge >= 0.3 is 0 Å². The molecular weight excluding hydrogens is 264 g/mol. The van der Waals surface area contributed by atoms with Gasteiger partial charge in [-0.25, -0.2) is 0 Å². The van der Waals surface area contributed by atoms with Crippen LogP contribution in [-0.4, -0.2) is 25.2 Å². The minimum absolute atomic E-state index is 0.00120. The molecule has 2 heterocycles. The second-order valence-electron chi connectivity index (χ2n) is 5.23. The number of nitrogens with zero attached hydrogens (tertiary/aromatic N) is 2. The fourth-order valence-corrected chi connectivity index (χ4v) is 3.43. The number of thiocarbonyl (C=S) groups is 1. The van der Waals surface area contributed by atoms with Crippen LogP contribution in [0.15, 0.2) is 23.2 Å². The molecule has 1 fully saturated rings. The summed E-state index contributed by atoms with van der Waals surface area (Å²) in [4.78, 5) is 14.7. The van der Waals surface area contributed by atoms with E-state index < -0.39 is 0 Å². The van der Waals surface area contributed by atoms with E-state index in [0.717, 1.165) is 5.69 Å². The van der Waals surface area contributed by atoms with Crippen LogP contribution in [0, 0.1) is 0 Å². The molecule has 96 valence electrons. The zero-order valence-corrected chi connectivity index (χ0v) is 12.6. The Morgan fingerprint density at radius 2 is 2.06 bits per heavy atom. The molecular formula is C13H16N2OS2. The van der Waals surface area contributed by atoms with Gasteiger partial charge in [-0.15, -0.1) is 0 Å². The number of hydrogen-bond acceptors (Lipinski definition) is 3. The number of hydrogen-bond donors (Lipinski definition) is 0. The highest BCUT2D eigenvalue weighted by atomic mass is 32.2. The van der Waals surface area contributed by atoms with Crippen molar-refractivity contribution in [1.82, 2.24) is 9.47 Å². The second-order valence-corrected chi connectivity index (χ2v) is 6.91. The Kier molecular flexibility index (Phi) is 3.38. The summed E-state index contributed by atoms with van der Waals surface area (Å²) in [6, 6.07) is 3.93. The average Bonchev–Trinajstić information content (AvgIpc) is 2.72. The predicted octanol–water partition coefficient (Wildman–Crippen LogP) is 3.02. The summed E-state index contributed by atoms with van der Waals surface area (Å²) in [6.45, 7) is 5.97. The molecule has 0 aromatic carbocycles. The average molecular weight is 280 g/mol. The summed E-state index contributed by atoms with van der Waals surface area (Å²) in [5.41, 5.74) is 0.731. The lowest BCUT2D eigenvalue weighted by Crippen LogP contribution is -2.44. The van der Waals surface area contributed by atoms with E-state index >= 15 is 0 Å². The van der Waals surface area contributed by atoms with Gasteiger partial charge in [0.05, 0.1) is 4.91 Å². The number of carbonyl (C=O) groups is 1. The van der Waals surface area contributed by atoms with Gasteiger partial charge in [-0.2, -0.15) is 0 Å². The molecule has 3 nitrogen and oxygen atoms in total. The summed E-state index contributed by atoms with van der Waals surface area (Å²) < 4.78 is 2.61. The van der Waals surface area contributed by atoms with Crippen LogP contribution in [0.25, 0.3) is 6.08 Å². The van der Waals surface area contributed by atoms with E-state index in [9.17, 15) is 4.79 Å². The van der Waals surface area contributed by atoms with Gasteiger partial charge in [-0.1, -0.05) is 24.0 Å². The molecule has 1 aliphatic heterocycles. The van der Waals surface area contributed by atoms with Gasteiger partial charge < -0.3 is 4.57 Å². The lowest BCUT2D eigenvalue weighted by atomic mass is 10.1. The Balaban J connectivity index is 2.34. The summed E-state index contributed by atoms with van der Waals surface area (Å²) >= 11 is 6.66. The molecule has 1 aliphatic rings. The van der Waals surface area contributed by atoms with Crippen LogP contribution in [0.1, 0.15) is 26.5 Å². The molecule has 0 spiro atoms. The molecule has 1 aromatic heterocycles. The number of carbonyl (C=O) groups excluding carboxylic acids is 1. The first kappa shape index (κ1) is 13.4. The standard InChI is InChI=1S/C13H16N2OS2/c1-13(2,3)15-11(16)10(18-12(15)17)8-9-6-5-7-14(9)4/h5-8H,1-4H3/b10-8+. The monoisotopic (exact) mass is 280 g/mol. The largest absolute Gasteiger partial charge is 0.351 e. The summed E-state index contributed by atoms with van der Waals surface area (Å²) in [6.07, 6.45) is 3.85.